The first-order valence-corrected chi connectivity index (χ1v) is 17.4. The van der Waals surface area contributed by atoms with Gasteiger partial charge in [0.25, 0.3) is 12.9 Å². The molecule has 1 aliphatic rings. The molecule has 0 amide bonds. The summed E-state index contributed by atoms with van der Waals surface area (Å²) < 4.78 is 10.2. The quantitative estimate of drug-likeness (QED) is 0.131. The first-order valence-electron chi connectivity index (χ1n) is 15.8. The van der Waals surface area contributed by atoms with Crippen LogP contribution in [0.2, 0.25) is 0 Å². The Balaban J connectivity index is 1.17. The summed E-state index contributed by atoms with van der Waals surface area (Å²) in [6.07, 6.45) is 3.28. The van der Waals surface area contributed by atoms with Gasteiger partial charge in [0.05, 0.1) is 27.7 Å². The van der Waals surface area contributed by atoms with Crippen LogP contribution in [0.25, 0.3) is 43.0 Å². The molecule has 50 heavy (non-hydrogen) atoms. The molecular weight excluding hydrogens is 665 g/mol. The number of rotatable bonds is 10. The Morgan fingerprint density at radius 2 is 1.18 bits per heavy atom. The van der Waals surface area contributed by atoms with Gasteiger partial charge >= 0.3 is 0 Å². The molecule has 0 fully saturated rings. The zero-order valence-electron chi connectivity index (χ0n) is 26.9. The van der Waals surface area contributed by atoms with Crippen LogP contribution in [0.4, 0.5) is 16.4 Å². The lowest BCUT2D eigenvalue weighted by Crippen LogP contribution is -2.14. The minimum absolute atomic E-state index is 0.185. The third-order valence-electron chi connectivity index (χ3n) is 8.72. The molecule has 0 unspecified atom stereocenters. The van der Waals surface area contributed by atoms with E-state index < -0.39 is 0 Å². The molecule has 8 rings (SSSR count). The summed E-state index contributed by atoms with van der Waals surface area (Å²) in [7, 11) is 0. The predicted molar refractivity (Wildman–Crippen MR) is 198 cm³/mol. The third-order valence-corrected chi connectivity index (χ3v) is 11.2. The fourth-order valence-corrected chi connectivity index (χ4v) is 9.12. The van der Waals surface area contributed by atoms with E-state index >= 15 is 0 Å². The Morgan fingerprint density at radius 3 is 1.84 bits per heavy atom. The topological polar surface area (TPSA) is 94.5 Å². The second kappa shape index (κ2) is 12.8. The van der Waals surface area contributed by atoms with Crippen LogP contribution in [0, 0.1) is 0 Å². The van der Waals surface area contributed by atoms with E-state index in [-0.39, 0.29) is 11.2 Å². The number of nitrogens with zero attached hydrogens (tertiary/aromatic N) is 4. The Kier molecular flexibility index (Phi) is 8.02. The molecule has 5 aromatic heterocycles. The lowest BCUT2D eigenvalue weighted by molar-refractivity contribution is -0.121. The largest absolute Gasteiger partial charge is 0.429 e. The van der Waals surface area contributed by atoms with Crippen molar-refractivity contribution in [3.63, 3.8) is 0 Å². The lowest BCUT2D eigenvalue weighted by Gasteiger charge is -2.24. The van der Waals surface area contributed by atoms with Crippen molar-refractivity contribution in [2.45, 2.75) is 19.3 Å². The van der Waals surface area contributed by atoms with Crippen LogP contribution >= 0.6 is 22.7 Å². The van der Waals surface area contributed by atoms with Crippen LogP contribution in [0.3, 0.4) is 0 Å². The van der Waals surface area contributed by atoms with Gasteiger partial charge in [0.1, 0.15) is 16.5 Å². The van der Waals surface area contributed by atoms with Crippen molar-refractivity contribution in [3.05, 3.63) is 133 Å². The summed E-state index contributed by atoms with van der Waals surface area (Å²) in [6.45, 7) is 5.31. The van der Waals surface area contributed by atoms with Crippen LogP contribution in [-0.2, 0) is 15.0 Å². The normalized spacial score (nSPS) is 12.5. The second-order valence-corrected chi connectivity index (χ2v) is 14.2. The van der Waals surface area contributed by atoms with Gasteiger partial charge in [-0.05, 0) is 71.3 Å². The minimum Gasteiger partial charge on any atom is -0.429 e. The number of para-hydroxylation sites is 2. The number of hydrogen-bond donors (Lipinski definition) is 0. The van der Waals surface area contributed by atoms with Gasteiger partial charge in [-0.1, -0.05) is 50.2 Å². The molecule has 7 aromatic rings. The maximum absolute atomic E-state index is 11.3. The molecule has 5 heterocycles. The number of carbonyl (C=O) groups excluding carboxylic acids is 2. The molecule has 0 atom stereocenters. The molecule has 1 aliphatic carbocycles. The highest BCUT2D eigenvalue weighted by Gasteiger charge is 2.40. The molecule has 0 N–H and O–H groups in total. The number of aromatic nitrogens is 3. The second-order valence-electron chi connectivity index (χ2n) is 12.1. The van der Waals surface area contributed by atoms with Crippen molar-refractivity contribution in [2.75, 3.05) is 4.90 Å². The summed E-state index contributed by atoms with van der Waals surface area (Å²) in [4.78, 5) is 42.0. The van der Waals surface area contributed by atoms with Crippen LogP contribution < -0.4 is 14.4 Å². The van der Waals surface area contributed by atoms with Gasteiger partial charge in [0, 0.05) is 57.1 Å². The van der Waals surface area contributed by atoms with Gasteiger partial charge in [0.15, 0.2) is 0 Å². The lowest BCUT2D eigenvalue weighted by atomic mass is 9.84. The van der Waals surface area contributed by atoms with E-state index in [1.807, 2.05) is 35.6 Å². The molecule has 0 radical (unpaired) electrons. The first-order chi connectivity index (χ1) is 24.4. The predicted octanol–water partition coefficient (Wildman–Crippen LogP) is 9.84. The molecule has 0 aliphatic heterocycles. The van der Waals surface area contributed by atoms with Crippen LogP contribution in [0.5, 0.6) is 11.5 Å². The van der Waals surface area contributed by atoms with E-state index in [0.717, 1.165) is 21.8 Å². The molecule has 10 heteroatoms. The molecular formula is C40H28N4O4S2. The number of fused-ring (bicyclic) bond motifs is 3. The minimum atomic E-state index is -0.185. The zero-order chi connectivity index (χ0) is 34.2. The van der Waals surface area contributed by atoms with Gasteiger partial charge < -0.3 is 14.4 Å². The Labute approximate surface area is 296 Å². The summed E-state index contributed by atoms with van der Waals surface area (Å²) in [6, 6.07) is 36.0. The molecule has 244 valence electrons. The van der Waals surface area contributed by atoms with Gasteiger partial charge in [-0.25, -0.2) is 4.98 Å². The van der Waals surface area contributed by atoms with Gasteiger partial charge in [-0.2, -0.15) is 0 Å². The number of carbonyl (C=O) groups is 2. The van der Waals surface area contributed by atoms with E-state index in [1.165, 1.54) is 32.1 Å². The van der Waals surface area contributed by atoms with E-state index in [4.69, 9.17) is 14.5 Å². The highest BCUT2D eigenvalue weighted by molar-refractivity contribution is 7.26. The monoisotopic (exact) mass is 692 g/mol. The summed E-state index contributed by atoms with van der Waals surface area (Å²) in [5.41, 5.74) is 7.67. The average Bonchev–Trinajstić information content (AvgIpc) is 3.84. The maximum atomic E-state index is 11.3. The van der Waals surface area contributed by atoms with E-state index in [1.54, 1.807) is 41.8 Å². The van der Waals surface area contributed by atoms with Crippen molar-refractivity contribution in [1.82, 2.24) is 15.0 Å². The smallest absolute Gasteiger partial charge is 0.298 e. The summed E-state index contributed by atoms with van der Waals surface area (Å²) in [5, 5.41) is 1.17. The SMILES string of the molecule is CC1(C)c2cc(-c3ccnc(-c4cc(OC=O)cc(-c5cc(OC=O)ccn5)n4)c3)sc2-c2sc(N(c3ccccc3)c3ccccc3)cc21. The van der Waals surface area contributed by atoms with Gasteiger partial charge in [-0.3, -0.25) is 19.6 Å². The van der Waals surface area contributed by atoms with Crippen molar-refractivity contribution < 1.29 is 19.1 Å². The van der Waals surface area contributed by atoms with Crippen LogP contribution in [0.1, 0.15) is 25.0 Å². The standard InChI is InChI=1S/C40H28N4O4S2/c1-40(2)30-21-36(49-38(30)39-31(40)22-37(50-39)44(26-9-5-3-6-10-26)27-11-7-4-8-12-27)25-13-15-41-32(17-25)34-19-29(48-24-46)20-35(43-34)33-18-28(47-23-45)14-16-42-33/h3-24H,1-2H3. The fraction of sp³-hybridized carbons (Fsp3) is 0.0750. The highest BCUT2D eigenvalue weighted by atomic mass is 32.1. The van der Waals surface area contributed by atoms with Crippen LogP contribution in [0.15, 0.2) is 122 Å². The molecule has 0 spiro atoms. The van der Waals surface area contributed by atoms with Gasteiger partial charge in [-0.15, -0.1) is 22.7 Å². The summed E-state index contributed by atoms with van der Waals surface area (Å²) in [5.74, 6) is 0.603. The number of thiophene rings is 2. The number of benzene rings is 2. The third kappa shape index (κ3) is 5.64. The first kappa shape index (κ1) is 31.3. The number of pyridine rings is 3. The van der Waals surface area contributed by atoms with Crippen molar-refractivity contribution in [2.24, 2.45) is 0 Å². The van der Waals surface area contributed by atoms with E-state index in [2.05, 4.69) is 89.4 Å². The van der Waals surface area contributed by atoms with Gasteiger partial charge in [0.2, 0.25) is 0 Å². The van der Waals surface area contributed by atoms with Crippen LogP contribution in [-0.4, -0.2) is 27.9 Å². The Morgan fingerprint density at radius 1 is 0.620 bits per heavy atom. The molecule has 2 aromatic carbocycles. The van der Waals surface area contributed by atoms with E-state index in [9.17, 15) is 9.59 Å². The molecule has 0 saturated heterocycles. The summed E-state index contributed by atoms with van der Waals surface area (Å²) >= 11 is 3.60. The van der Waals surface area contributed by atoms with Crippen molar-refractivity contribution >= 4 is 52.0 Å². The van der Waals surface area contributed by atoms with Crippen molar-refractivity contribution in [3.8, 4) is 54.5 Å². The Hall–Kier alpha value is -5.97. The Bertz CT molecular complexity index is 2330. The fourth-order valence-electron chi connectivity index (χ4n) is 6.29. The average molecular weight is 693 g/mol. The zero-order valence-corrected chi connectivity index (χ0v) is 28.6. The number of ether oxygens (including phenoxy) is 2. The highest BCUT2D eigenvalue weighted by Crippen LogP contribution is 2.59. The van der Waals surface area contributed by atoms with Crippen molar-refractivity contribution in [1.29, 1.82) is 0 Å². The molecule has 0 bridgehead atoms. The molecule has 8 nitrogen and oxygen atoms in total. The molecule has 0 saturated carbocycles. The van der Waals surface area contributed by atoms with E-state index in [0.29, 0.717) is 41.5 Å². The number of hydrogen-bond acceptors (Lipinski definition) is 10. The maximum Gasteiger partial charge on any atom is 0.298 e. The number of anilines is 3.